The minimum absolute atomic E-state index is 0.0702. The van der Waals surface area contributed by atoms with Crippen molar-refractivity contribution in [1.29, 1.82) is 0 Å². The van der Waals surface area contributed by atoms with Gasteiger partial charge >= 0.3 is 0 Å². The summed E-state index contributed by atoms with van der Waals surface area (Å²) in [6.07, 6.45) is 8.19. The topological polar surface area (TPSA) is 57.6 Å². The van der Waals surface area contributed by atoms with Gasteiger partial charge in [0.1, 0.15) is 5.57 Å². The number of carbonyl (C=O) groups is 2. The molecule has 20 heavy (non-hydrogen) atoms. The Bertz CT molecular complexity index is 486. The molecule has 0 aliphatic carbocycles. The van der Waals surface area contributed by atoms with Gasteiger partial charge in [-0.25, -0.2) is 0 Å². The zero-order valence-electron chi connectivity index (χ0n) is 12.6. The third-order valence-electron chi connectivity index (χ3n) is 3.57. The first-order valence-electron chi connectivity index (χ1n) is 6.99. The van der Waals surface area contributed by atoms with Crippen molar-refractivity contribution in [1.82, 2.24) is 4.90 Å². The van der Waals surface area contributed by atoms with Gasteiger partial charge in [-0.1, -0.05) is 25.2 Å². The maximum atomic E-state index is 12.3. The number of hydrogen-bond donors (Lipinski definition) is 1. The van der Waals surface area contributed by atoms with Gasteiger partial charge in [-0.2, -0.15) is 0 Å². The fourth-order valence-corrected chi connectivity index (χ4v) is 2.30. The lowest BCUT2D eigenvalue weighted by Gasteiger charge is -2.11. The van der Waals surface area contributed by atoms with Crippen molar-refractivity contribution in [2.75, 3.05) is 7.05 Å². The van der Waals surface area contributed by atoms with E-state index in [1.165, 1.54) is 4.90 Å². The van der Waals surface area contributed by atoms with E-state index >= 15 is 0 Å². The lowest BCUT2D eigenvalue weighted by Crippen LogP contribution is -2.25. The molecule has 1 aliphatic rings. The molecule has 0 aromatic rings. The van der Waals surface area contributed by atoms with Crippen molar-refractivity contribution in [2.45, 2.75) is 40.0 Å². The summed E-state index contributed by atoms with van der Waals surface area (Å²) in [6, 6.07) is 0. The van der Waals surface area contributed by atoms with Crippen LogP contribution >= 0.6 is 0 Å². The molecule has 4 nitrogen and oxygen atoms in total. The van der Waals surface area contributed by atoms with Gasteiger partial charge in [0.25, 0.3) is 5.91 Å². The second-order valence-electron chi connectivity index (χ2n) is 5.03. The molecule has 1 amide bonds. The Balaban J connectivity index is 2.81. The highest BCUT2D eigenvalue weighted by molar-refractivity contribution is 6.23. The normalized spacial score (nSPS) is 19.5. The molecule has 0 aromatic heterocycles. The smallest absolute Gasteiger partial charge is 0.265 e. The van der Waals surface area contributed by atoms with Crippen LogP contribution in [0.2, 0.25) is 0 Å². The summed E-state index contributed by atoms with van der Waals surface area (Å²) in [7, 11) is 1.56. The summed E-state index contributed by atoms with van der Waals surface area (Å²) in [5.41, 5.74) is 0.332. The summed E-state index contributed by atoms with van der Waals surface area (Å²) in [5, 5.41) is 10.0. The summed E-state index contributed by atoms with van der Waals surface area (Å²) in [5.74, 6) is -1.13. The summed E-state index contributed by atoms with van der Waals surface area (Å²) in [6.45, 7) is 5.49. The molecular weight excluding hydrogens is 254 g/mol. The second-order valence-corrected chi connectivity index (χ2v) is 5.03. The van der Waals surface area contributed by atoms with E-state index in [4.69, 9.17) is 0 Å². The Kier molecular flexibility index (Phi) is 5.74. The minimum Gasteiger partial charge on any atom is -0.505 e. The van der Waals surface area contributed by atoms with Crippen LogP contribution in [-0.2, 0) is 9.59 Å². The fourth-order valence-electron chi connectivity index (χ4n) is 2.30. The number of aliphatic hydroxyl groups is 1. The molecule has 0 spiro atoms. The van der Waals surface area contributed by atoms with Crippen molar-refractivity contribution in [3.63, 3.8) is 0 Å². The van der Waals surface area contributed by atoms with Gasteiger partial charge in [-0.15, -0.1) is 0 Å². The Labute approximate surface area is 120 Å². The number of nitrogens with zero attached hydrogens (tertiary/aromatic N) is 1. The second kappa shape index (κ2) is 7.08. The summed E-state index contributed by atoms with van der Waals surface area (Å²) in [4.78, 5) is 25.7. The highest BCUT2D eigenvalue weighted by atomic mass is 16.3. The standard InChI is InChI=1S/C16H23NO3/c1-5-7-8-9-10-11(3)14(18)13-15(19)12(6-2)17(4)16(13)20/h5-7,11,19H,8-10H2,1-4H3/b7-5+,12-6+/t11-/m0/s1. The van der Waals surface area contributed by atoms with Gasteiger partial charge in [0.05, 0.1) is 5.70 Å². The first-order chi connectivity index (χ1) is 9.45. The van der Waals surface area contributed by atoms with Crippen molar-refractivity contribution < 1.29 is 14.7 Å². The van der Waals surface area contributed by atoms with Crippen LogP contribution in [0.3, 0.4) is 0 Å². The summed E-state index contributed by atoms with van der Waals surface area (Å²) < 4.78 is 0. The molecular formula is C16H23NO3. The lowest BCUT2D eigenvalue weighted by molar-refractivity contribution is -0.127. The largest absolute Gasteiger partial charge is 0.505 e. The highest BCUT2D eigenvalue weighted by Crippen LogP contribution is 2.29. The molecule has 1 N–H and O–H groups in total. The van der Waals surface area contributed by atoms with E-state index in [9.17, 15) is 14.7 Å². The number of allylic oxidation sites excluding steroid dienone is 3. The zero-order valence-corrected chi connectivity index (χ0v) is 12.6. The molecule has 110 valence electrons. The molecule has 4 heteroatoms. The van der Waals surface area contributed by atoms with Crippen molar-refractivity contribution in [2.24, 2.45) is 5.92 Å². The van der Waals surface area contributed by atoms with Crippen LogP contribution in [0.1, 0.15) is 40.0 Å². The molecule has 0 saturated carbocycles. The zero-order chi connectivity index (χ0) is 15.3. The average Bonchev–Trinajstić information content (AvgIpc) is 2.64. The van der Waals surface area contributed by atoms with Gasteiger partial charge in [0.2, 0.25) is 0 Å². The van der Waals surface area contributed by atoms with Crippen molar-refractivity contribution >= 4 is 11.7 Å². The minimum atomic E-state index is -0.416. The van der Waals surface area contributed by atoms with Gasteiger partial charge in [0.15, 0.2) is 11.5 Å². The SMILES string of the molecule is C/C=C/CCC[C@H](C)C(=O)C1=C(O)/C(=C\C)N(C)C1=O. The molecule has 0 fully saturated rings. The quantitative estimate of drug-likeness (QED) is 0.461. The number of hydrogen-bond acceptors (Lipinski definition) is 3. The maximum absolute atomic E-state index is 12.3. The molecule has 1 atom stereocenters. The molecule has 0 aromatic carbocycles. The molecule has 0 saturated heterocycles. The van der Waals surface area contributed by atoms with Crippen molar-refractivity contribution in [3.8, 4) is 0 Å². The number of unbranched alkanes of at least 4 members (excludes halogenated alkanes) is 1. The number of likely N-dealkylation sites (N-methyl/N-ethyl adjacent to an activating group) is 1. The van der Waals surface area contributed by atoms with Gasteiger partial charge in [-0.05, 0) is 33.1 Å². The van der Waals surface area contributed by atoms with Crippen LogP contribution in [0, 0.1) is 5.92 Å². The van der Waals surface area contributed by atoms with Gasteiger partial charge < -0.3 is 10.0 Å². The monoisotopic (exact) mass is 277 g/mol. The molecule has 0 bridgehead atoms. The first-order valence-corrected chi connectivity index (χ1v) is 6.99. The van der Waals surface area contributed by atoms with Gasteiger partial charge in [-0.3, -0.25) is 9.59 Å². The number of aliphatic hydroxyl groups excluding tert-OH is 1. The fraction of sp³-hybridized carbons (Fsp3) is 0.500. The molecule has 1 aliphatic heterocycles. The Morgan fingerprint density at radius 2 is 2.05 bits per heavy atom. The third kappa shape index (κ3) is 3.18. The van der Waals surface area contributed by atoms with Crippen LogP contribution in [0.4, 0.5) is 0 Å². The van der Waals surface area contributed by atoms with E-state index in [1.54, 1.807) is 27.0 Å². The van der Waals surface area contributed by atoms with E-state index in [-0.39, 0.29) is 23.0 Å². The first kappa shape index (κ1) is 16.2. The molecule has 1 heterocycles. The number of rotatable bonds is 6. The van der Waals surface area contributed by atoms with Crippen LogP contribution in [0.25, 0.3) is 0 Å². The van der Waals surface area contributed by atoms with Crippen LogP contribution in [0.5, 0.6) is 0 Å². The highest BCUT2D eigenvalue weighted by Gasteiger charge is 2.37. The van der Waals surface area contributed by atoms with E-state index in [0.717, 1.165) is 12.8 Å². The van der Waals surface area contributed by atoms with E-state index in [2.05, 4.69) is 6.08 Å². The molecule has 1 rings (SSSR count). The van der Waals surface area contributed by atoms with E-state index < -0.39 is 5.91 Å². The third-order valence-corrected chi connectivity index (χ3v) is 3.57. The maximum Gasteiger partial charge on any atom is 0.265 e. The molecule has 0 radical (unpaired) electrons. The van der Waals surface area contributed by atoms with Crippen LogP contribution in [-0.4, -0.2) is 28.7 Å². The number of Topliss-reactive ketones (excluding diaryl/α,β-unsaturated/α-hetero) is 1. The lowest BCUT2D eigenvalue weighted by atomic mass is 9.93. The Morgan fingerprint density at radius 1 is 1.40 bits per heavy atom. The number of carbonyl (C=O) groups excluding carboxylic acids is 2. The van der Waals surface area contributed by atoms with Crippen LogP contribution in [0.15, 0.2) is 35.3 Å². The van der Waals surface area contributed by atoms with E-state index in [0.29, 0.717) is 12.1 Å². The van der Waals surface area contributed by atoms with E-state index in [1.807, 2.05) is 13.0 Å². The summed E-state index contributed by atoms with van der Waals surface area (Å²) >= 11 is 0. The van der Waals surface area contributed by atoms with Gasteiger partial charge in [0, 0.05) is 13.0 Å². The predicted molar refractivity (Wildman–Crippen MR) is 79.0 cm³/mol. The average molecular weight is 277 g/mol. The number of ketones is 1. The predicted octanol–water partition coefficient (Wildman–Crippen LogP) is 3.13. The van der Waals surface area contributed by atoms with Crippen LogP contribution < -0.4 is 0 Å². The molecule has 0 unspecified atom stereocenters. The number of amides is 1. The van der Waals surface area contributed by atoms with Crippen molar-refractivity contribution in [3.05, 3.63) is 35.3 Å². The Hall–Kier alpha value is -1.84. The Morgan fingerprint density at radius 3 is 2.55 bits per heavy atom.